The standard InChI is InChI=1S/C32H46N2O/c1-5-6-7-8-9-10-11-12-13-19-25-34-30-23-18-17-22-29(30)32(3,4)31(34)24-26-33(27(2)35)28-20-15-14-16-21-28/h14-18,20-24,26,31H,5-13,19,25H2,1-4H3. The van der Waals surface area contributed by atoms with Crippen molar-refractivity contribution in [2.24, 2.45) is 0 Å². The molecule has 2 aromatic carbocycles. The lowest BCUT2D eigenvalue weighted by Crippen LogP contribution is -2.41. The second-order valence-electron chi connectivity index (χ2n) is 10.6. The topological polar surface area (TPSA) is 23.6 Å². The van der Waals surface area contributed by atoms with Crippen molar-refractivity contribution in [2.45, 2.75) is 103 Å². The van der Waals surface area contributed by atoms with Crippen molar-refractivity contribution in [3.63, 3.8) is 0 Å². The fourth-order valence-electron chi connectivity index (χ4n) is 5.47. The molecule has 3 heteroatoms. The first kappa shape index (κ1) is 27.0. The lowest BCUT2D eigenvalue weighted by atomic mass is 9.80. The van der Waals surface area contributed by atoms with E-state index in [0.717, 1.165) is 12.2 Å². The van der Waals surface area contributed by atoms with Crippen LogP contribution in [0.4, 0.5) is 11.4 Å². The Hall–Kier alpha value is -2.55. The van der Waals surface area contributed by atoms with Crippen LogP contribution in [0.3, 0.4) is 0 Å². The first-order valence-electron chi connectivity index (χ1n) is 13.9. The maximum absolute atomic E-state index is 12.4. The number of fused-ring (bicyclic) bond motifs is 1. The summed E-state index contributed by atoms with van der Waals surface area (Å²) < 4.78 is 0. The minimum absolute atomic E-state index is 0.0231. The number of rotatable bonds is 14. The van der Waals surface area contributed by atoms with Gasteiger partial charge in [0, 0.05) is 36.5 Å². The van der Waals surface area contributed by atoms with E-state index in [0.29, 0.717) is 0 Å². The molecule has 0 saturated carbocycles. The molecule has 0 spiro atoms. The molecule has 0 radical (unpaired) electrons. The summed E-state index contributed by atoms with van der Waals surface area (Å²) in [6, 6.07) is 19.0. The fourth-order valence-corrected chi connectivity index (χ4v) is 5.47. The van der Waals surface area contributed by atoms with Crippen LogP contribution in [0.1, 0.15) is 97.5 Å². The number of unbranched alkanes of at least 4 members (excludes halogenated alkanes) is 9. The van der Waals surface area contributed by atoms with Gasteiger partial charge in [-0.15, -0.1) is 0 Å². The number of benzene rings is 2. The number of hydrogen-bond acceptors (Lipinski definition) is 2. The third-order valence-electron chi connectivity index (χ3n) is 7.53. The summed E-state index contributed by atoms with van der Waals surface area (Å²) in [5, 5.41) is 0. The van der Waals surface area contributed by atoms with E-state index in [1.807, 2.05) is 36.5 Å². The highest BCUT2D eigenvalue weighted by Gasteiger charge is 2.42. The van der Waals surface area contributed by atoms with Gasteiger partial charge < -0.3 is 4.90 Å². The van der Waals surface area contributed by atoms with Crippen LogP contribution >= 0.6 is 0 Å². The molecule has 0 bridgehead atoms. The normalized spacial score (nSPS) is 16.6. The summed E-state index contributed by atoms with van der Waals surface area (Å²) >= 11 is 0. The molecule has 1 aliphatic heterocycles. The Balaban J connectivity index is 1.63. The highest BCUT2D eigenvalue weighted by Crippen LogP contribution is 2.45. The Kier molecular flexibility index (Phi) is 10.4. The maximum atomic E-state index is 12.4. The van der Waals surface area contributed by atoms with E-state index < -0.39 is 0 Å². The van der Waals surface area contributed by atoms with Gasteiger partial charge in [0.05, 0.1) is 6.04 Å². The van der Waals surface area contributed by atoms with Gasteiger partial charge in [-0.2, -0.15) is 0 Å². The van der Waals surface area contributed by atoms with Crippen molar-refractivity contribution in [3.8, 4) is 0 Å². The number of para-hydroxylation sites is 2. The summed E-state index contributed by atoms with van der Waals surface area (Å²) in [5.74, 6) is 0.0296. The van der Waals surface area contributed by atoms with Crippen LogP contribution < -0.4 is 9.80 Å². The lowest BCUT2D eigenvalue weighted by molar-refractivity contribution is -0.116. The van der Waals surface area contributed by atoms with Crippen molar-refractivity contribution < 1.29 is 4.79 Å². The minimum Gasteiger partial charge on any atom is -0.364 e. The summed E-state index contributed by atoms with van der Waals surface area (Å²) in [6.07, 6.45) is 17.7. The molecule has 3 nitrogen and oxygen atoms in total. The van der Waals surface area contributed by atoms with E-state index >= 15 is 0 Å². The number of carbonyl (C=O) groups is 1. The van der Waals surface area contributed by atoms with Gasteiger partial charge in [0.15, 0.2) is 0 Å². The monoisotopic (exact) mass is 474 g/mol. The Morgan fingerprint density at radius 3 is 2.06 bits per heavy atom. The van der Waals surface area contributed by atoms with Gasteiger partial charge in [-0.05, 0) is 36.3 Å². The van der Waals surface area contributed by atoms with Crippen LogP contribution in [0.5, 0.6) is 0 Å². The van der Waals surface area contributed by atoms with Crippen molar-refractivity contribution in [3.05, 3.63) is 72.4 Å². The minimum atomic E-state index is -0.0231. The molecule has 0 aromatic heterocycles. The molecule has 1 amide bonds. The SMILES string of the molecule is CCCCCCCCCCCCN1c2ccccc2C(C)(C)C1C=CN(C(C)=O)c1ccccc1. The number of nitrogens with zero attached hydrogens (tertiary/aromatic N) is 2. The van der Waals surface area contributed by atoms with Crippen LogP contribution in [-0.4, -0.2) is 18.5 Å². The first-order chi connectivity index (χ1) is 17.0. The summed E-state index contributed by atoms with van der Waals surface area (Å²) in [7, 11) is 0. The predicted octanol–water partition coefficient (Wildman–Crippen LogP) is 8.64. The average molecular weight is 475 g/mol. The molecule has 1 heterocycles. The molecular formula is C32H46N2O. The molecule has 1 aliphatic rings. The van der Waals surface area contributed by atoms with Gasteiger partial charge in [0.1, 0.15) is 0 Å². The van der Waals surface area contributed by atoms with E-state index in [4.69, 9.17) is 0 Å². The Morgan fingerprint density at radius 2 is 1.43 bits per heavy atom. The van der Waals surface area contributed by atoms with Crippen LogP contribution in [0.25, 0.3) is 0 Å². The van der Waals surface area contributed by atoms with Crippen LogP contribution in [0.2, 0.25) is 0 Å². The maximum Gasteiger partial charge on any atom is 0.227 e. The number of carbonyl (C=O) groups excluding carboxylic acids is 1. The first-order valence-corrected chi connectivity index (χ1v) is 13.9. The van der Waals surface area contributed by atoms with E-state index in [1.165, 1.54) is 75.5 Å². The Labute approximate surface area is 214 Å². The third-order valence-corrected chi connectivity index (χ3v) is 7.53. The predicted molar refractivity (Wildman–Crippen MR) is 151 cm³/mol. The van der Waals surface area contributed by atoms with Crippen molar-refractivity contribution >= 4 is 17.3 Å². The Bertz CT molecular complexity index is 934. The molecule has 0 N–H and O–H groups in total. The van der Waals surface area contributed by atoms with E-state index in [2.05, 4.69) is 56.0 Å². The molecule has 190 valence electrons. The third kappa shape index (κ3) is 7.22. The van der Waals surface area contributed by atoms with Crippen LogP contribution in [0, 0.1) is 0 Å². The van der Waals surface area contributed by atoms with Gasteiger partial charge in [-0.25, -0.2) is 0 Å². The van der Waals surface area contributed by atoms with E-state index in [9.17, 15) is 4.79 Å². The smallest absolute Gasteiger partial charge is 0.227 e. The lowest BCUT2D eigenvalue weighted by Gasteiger charge is -2.33. The quantitative estimate of drug-likeness (QED) is 0.256. The molecule has 0 fully saturated rings. The average Bonchev–Trinajstić information content (AvgIpc) is 3.07. The van der Waals surface area contributed by atoms with Crippen LogP contribution in [0.15, 0.2) is 66.9 Å². The molecule has 35 heavy (non-hydrogen) atoms. The zero-order valence-corrected chi connectivity index (χ0v) is 22.5. The van der Waals surface area contributed by atoms with Gasteiger partial charge in [0.2, 0.25) is 5.91 Å². The van der Waals surface area contributed by atoms with Gasteiger partial charge in [-0.3, -0.25) is 9.69 Å². The second kappa shape index (κ2) is 13.5. The summed E-state index contributed by atoms with van der Waals surface area (Å²) in [6.45, 7) is 9.63. The molecule has 0 saturated heterocycles. The molecule has 1 unspecified atom stereocenters. The summed E-state index contributed by atoms with van der Waals surface area (Å²) in [4.78, 5) is 16.8. The van der Waals surface area contributed by atoms with Crippen molar-refractivity contribution in [2.75, 3.05) is 16.3 Å². The largest absolute Gasteiger partial charge is 0.364 e. The number of hydrogen-bond donors (Lipinski definition) is 0. The number of anilines is 2. The zero-order valence-electron chi connectivity index (χ0n) is 22.5. The zero-order chi connectivity index (χ0) is 25.1. The Morgan fingerprint density at radius 1 is 0.857 bits per heavy atom. The van der Waals surface area contributed by atoms with Gasteiger partial charge >= 0.3 is 0 Å². The van der Waals surface area contributed by atoms with E-state index in [-0.39, 0.29) is 17.4 Å². The molecule has 3 rings (SSSR count). The highest BCUT2D eigenvalue weighted by atomic mass is 16.2. The summed E-state index contributed by atoms with van der Waals surface area (Å²) in [5.41, 5.74) is 3.63. The second-order valence-corrected chi connectivity index (χ2v) is 10.6. The fraction of sp³-hybridized carbons (Fsp3) is 0.531. The van der Waals surface area contributed by atoms with Gasteiger partial charge in [-0.1, -0.05) is 115 Å². The van der Waals surface area contributed by atoms with Crippen molar-refractivity contribution in [1.29, 1.82) is 0 Å². The van der Waals surface area contributed by atoms with Gasteiger partial charge in [0.25, 0.3) is 0 Å². The van der Waals surface area contributed by atoms with E-state index in [1.54, 1.807) is 11.8 Å². The molecule has 1 atom stereocenters. The molecule has 0 aliphatic carbocycles. The molecule has 2 aromatic rings. The van der Waals surface area contributed by atoms with Crippen molar-refractivity contribution in [1.82, 2.24) is 0 Å². The number of amides is 1. The molecular weight excluding hydrogens is 428 g/mol. The highest BCUT2D eigenvalue weighted by molar-refractivity contribution is 5.93. The van der Waals surface area contributed by atoms with Crippen LogP contribution in [-0.2, 0) is 10.2 Å².